The smallest absolute Gasteiger partial charge is 0.338 e. The predicted octanol–water partition coefficient (Wildman–Crippen LogP) is 2.06. The maximum Gasteiger partial charge on any atom is 0.338 e. The number of nitro groups is 1. The summed E-state index contributed by atoms with van der Waals surface area (Å²) in [6, 6.07) is 6.59. The van der Waals surface area contributed by atoms with Crippen LogP contribution in [0.25, 0.3) is 0 Å². The van der Waals surface area contributed by atoms with Gasteiger partial charge in [0.15, 0.2) is 0 Å². The van der Waals surface area contributed by atoms with Crippen molar-refractivity contribution in [3.05, 3.63) is 61.3 Å². The van der Waals surface area contributed by atoms with Gasteiger partial charge in [0.05, 0.1) is 27.1 Å². The Hall–Kier alpha value is -1.77. The van der Waals surface area contributed by atoms with Crippen molar-refractivity contribution in [2.75, 3.05) is 7.11 Å². The van der Waals surface area contributed by atoms with Gasteiger partial charge in [-0.05, 0) is 29.5 Å². The number of benzene rings is 2. The van der Waals surface area contributed by atoms with E-state index in [4.69, 9.17) is 16.3 Å². The lowest BCUT2D eigenvalue weighted by Crippen LogP contribution is -2.34. The molecule has 0 saturated carbocycles. The van der Waals surface area contributed by atoms with Gasteiger partial charge >= 0.3 is 5.97 Å². The monoisotopic (exact) mass is 417 g/mol. The average Bonchev–Trinajstić information content (AvgIpc) is 2.51. The molecular weight excluding hydrogens is 409 g/mol. The standard InChI is InChI=1S/C14H10BrClFNO4Si/c1-22-14(19)9-4-7(15)5-11(18(20)21)13(9)23-12-6-8(17)2-3-10(12)16/h2-6H,23H2,1H3. The minimum Gasteiger partial charge on any atom is -0.465 e. The van der Waals surface area contributed by atoms with Gasteiger partial charge in [0.1, 0.15) is 5.82 Å². The third-order valence-corrected chi connectivity index (χ3v) is 6.28. The summed E-state index contributed by atoms with van der Waals surface area (Å²) in [5.41, 5.74) is -0.132. The van der Waals surface area contributed by atoms with Gasteiger partial charge in [-0.3, -0.25) is 10.1 Å². The van der Waals surface area contributed by atoms with E-state index in [9.17, 15) is 19.3 Å². The summed E-state index contributed by atoms with van der Waals surface area (Å²) in [5, 5.41) is 12.4. The fourth-order valence-corrected chi connectivity index (χ4v) is 4.71. The van der Waals surface area contributed by atoms with Gasteiger partial charge in [0, 0.05) is 20.7 Å². The molecule has 0 spiro atoms. The van der Waals surface area contributed by atoms with Crippen molar-refractivity contribution in [1.29, 1.82) is 0 Å². The molecule has 2 aromatic carbocycles. The second-order valence-corrected chi connectivity index (χ2v) is 7.76. The summed E-state index contributed by atoms with van der Waals surface area (Å²) in [7, 11) is -0.398. The maximum absolute atomic E-state index is 13.4. The van der Waals surface area contributed by atoms with E-state index in [0.29, 0.717) is 14.7 Å². The van der Waals surface area contributed by atoms with E-state index in [0.717, 1.165) is 0 Å². The Labute approximate surface area is 146 Å². The van der Waals surface area contributed by atoms with Crippen molar-refractivity contribution in [2.24, 2.45) is 0 Å². The van der Waals surface area contributed by atoms with E-state index in [-0.39, 0.29) is 16.4 Å². The number of carbonyl (C=O) groups is 1. The van der Waals surface area contributed by atoms with Gasteiger partial charge < -0.3 is 4.74 Å². The molecule has 0 unspecified atom stereocenters. The Balaban J connectivity index is 2.65. The first-order valence-electron chi connectivity index (χ1n) is 6.32. The molecule has 0 radical (unpaired) electrons. The summed E-state index contributed by atoms with van der Waals surface area (Å²) >= 11 is 9.19. The molecule has 23 heavy (non-hydrogen) atoms. The topological polar surface area (TPSA) is 69.4 Å². The van der Waals surface area contributed by atoms with Crippen molar-refractivity contribution in [1.82, 2.24) is 0 Å². The third kappa shape index (κ3) is 3.95. The molecule has 0 aliphatic rings. The minimum atomic E-state index is -1.59. The summed E-state index contributed by atoms with van der Waals surface area (Å²) in [6.07, 6.45) is 0. The van der Waals surface area contributed by atoms with E-state index in [2.05, 4.69) is 15.9 Å². The van der Waals surface area contributed by atoms with Gasteiger partial charge in [-0.15, -0.1) is 0 Å². The largest absolute Gasteiger partial charge is 0.465 e. The summed E-state index contributed by atoms with van der Waals surface area (Å²) in [6.45, 7) is 0. The van der Waals surface area contributed by atoms with Crippen LogP contribution in [0.3, 0.4) is 0 Å². The molecule has 0 fully saturated rings. The number of nitrogens with zero attached hydrogens (tertiary/aromatic N) is 1. The highest BCUT2D eigenvalue weighted by molar-refractivity contribution is 9.10. The Morgan fingerprint density at radius 2 is 2.09 bits per heavy atom. The number of halogens is 3. The summed E-state index contributed by atoms with van der Waals surface area (Å²) < 4.78 is 18.5. The summed E-state index contributed by atoms with van der Waals surface area (Å²) in [5.74, 6) is -1.18. The number of esters is 1. The molecule has 0 N–H and O–H groups in total. The average molecular weight is 419 g/mol. The van der Waals surface area contributed by atoms with E-state index < -0.39 is 26.2 Å². The van der Waals surface area contributed by atoms with Crippen LogP contribution >= 0.6 is 27.5 Å². The number of hydrogen-bond acceptors (Lipinski definition) is 4. The maximum atomic E-state index is 13.4. The van der Waals surface area contributed by atoms with Gasteiger partial charge in [-0.1, -0.05) is 27.5 Å². The molecule has 9 heteroatoms. The van der Waals surface area contributed by atoms with E-state index in [1.54, 1.807) is 0 Å². The van der Waals surface area contributed by atoms with Crippen molar-refractivity contribution in [3.63, 3.8) is 0 Å². The molecule has 5 nitrogen and oxygen atoms in total. The first kappa shape index (κ1) is 17.6. The Morgan fingerprint density at radius 1 is 1.39 bits per heavy atom. The van der Waals surface area contributed by atoms with E-state index >= 15 is 0 Å². The number of hydrogen-bond donors (Lipinski definition) is 0. The molecule has 120 valence electrons. The fraction of sp³-hybridized carbons (Fsp3) is 0.0714. The number of ether oxygens (including phenoxy) is 1. The molecule has 0 aromatic heterocycles. The number of carbonyl (C=O) groups excluding carboxylic acids is 1. The van der Waals surface area contributed by atoms with E-state index in [1.165, 1.54) is 37.4 Å². The van der Waals surface area contributed by atoms with Crippen molar-refractivity contribution in [3.8, 4) is 0 Å². The Bertz CT molecular complexity index is 803. The highest BCUT2D eigenvalue weighted by atomic mass is 79.9. The van der Waals surface area contributed by atoms with Crippen LogP contribution in [0.1, 0.15) is 10.4 Å². The van der Waals surface area contributed by atoms with Crippen LogP contribution in [-0.2, 0) is 4.74 Å². The first-order valence-corrected chi connectivity index (χ1v) is 8.91. The molecule has 2 rings (SSSR count). The zero-order valence-electron chi connectivity index (χ0n) is 11.8. The lowest BCUT2D eigenvalue weighted by Gasteiger charge is -2.10. The quantitative estimate of drug-likeness (QED) is 0.330. The molecule has 0 aliphatic heterocycles. The lowest BCUT2D eigenvalue weighted by molar-refractivity contribution is -0.383. The molecule has 0 bridgehead atoms. The van der Waals surface area contributed by atoms with Gasteiger partial charge in [0.25, 0.3) is 5.69 Å². The number of nitro benzene ring substituents is 1. The van der Waals surface area contributed by atoms with Crippen LogP contribution in [0.2, 0.25) is 5.02 Å². The first-order chi connectivity index (χ1) is 10.8. The molecule has 2 aromatic rings. The molecule has 0 amide bonds. The van der Waals surface area contributed by atoms with E-state index in [1.807, 2.05) is 0 Å². The zero-order chi connectivity index (χ0) is 17.1. The molecule has 0 aliphatic carbocycles. The van der Waals surface area contributed by atoms with Crippen LogP contribution in [0, 0.1) is 15.9 Å². The van der Waals surface area contributed by atoms with Crippen molar-refractivity contribution in [2.45, 2.75) is 0 Å². The van der Waals surface area contributed by atoms with Gasteiger partial charge in [-0.25, -0.2) is 9.18 Å². The van der Waals surface area contributed by atoms with Crippen LogP contribution in [0.4, 0.5) is 10.1 Å². The van der Waals surface area contributed by atoms with Crippen molar-refractivity contribution >= 4 is 59.1 Å². The minimum absolute atomic E-state index is 0.0839. The summed E-state index contributed by atoms with van der Waals surface area (Å²) in [4.78, 5) is 22.7. The van der Waals surface area contributed by atoms with Gasteiger partial charge in [0.2, 0.25) is 0 Å². The fourth-order valence-electron chi connectivity index (χ4n) is 2.13. The molecular formula is C14H10BrClFNO4Si. The zero-order valence-corrected chi connectivity index (χ0v) is 15.6. The number of rotatable bonds is 4. The molecule has 0 heterocycles. The molecule has 0 saturated heterocycles. The van der Waals surface area contributed by atoms with Crippen LogP contribution in [0.15, 0.2) is 34.8 Å². The highest BCUT2D eigenvalue weighted by Gasteiger charge is 2.24. The lowest BCUT2D eigenvalue weighted by atomic mass is 10.2. The SMILES string of the molecule is COC(=O)c1cc(Br)cc([N+](=O)[O-])c1[SiH2]c1cc(F)ccc1Cl. The highest BCUT2D eigenvalue weighted by Crippen LogP contribution is 2.20. The van der Waals surface area contributed by atoms with Crippen molar-refractivity contribution < 1.29 is 18.8 Å². The van der Waals surface area contributed by atoms with Gasteiger partial charge in [-0.2, -0.15) is 0 Å². The second-order valence-electron chi connectivity index (χ2n) is 4.61. The van der Waals surface area contributed by atoms with Crippen LogP contribution in [0.5, 0.6) is 0 Å². The molecule has 0 atom stereocenters. The Morgan fingerprint density at radius 3 is 2.70 bits per heavy atom. The second kappa shape index (κ2) is 7.20. The predicted molar refractivity (Wildman–Crippen MR) is 91.4 cm³/mol. The van der Waals surface area contributed by atoms with Crippen LogP contribution < -0.4 is 10.4 Å². The normalized spacial score (nSPS) is 11.0. The van der Waals surface area contributed by atoms with Crippen LogP contribution in [-0.4, -0.2) is 27.5 Å². The Kier molecular flexibility index (Phi) is 5.50. The third-order valence-electron chi connectivity index (χ3n) is 3.17. The number of methoxy groups -OCH3 is 1.